The molecule has 128 valence electrons. The van der Waals surface area contributed by atoms with Crippen LogP contribution in [0, 0.1) is 5.92 Å². The molecule has 0 spiro atoms. The van der Waals surface area contributed by atoms with E-state index >= 15 is 0 Å². The van der Waals surface area contributed by atoms with Gasteiger partial charge in [-0.2, -0.15) is 0 Å². The second-order valence-corrected chi connectivity index (χ2v) is 6.05. The second kappa shape index (κ2) is 7.73. The highest BCUT2D eigenvalue weighted by Gasteiger charge is 2.07. The molecule has 2 rings (SSSR count). The maximum atomic E-state index is 11.3. The van der Waals surface area contributed by atoms with Crippen LogP contribution in [-0.2, 0) is 0 Å². The van der Waals surface area contributed by atoms with Gasteiger partial charge < -0.3 is 19.4 Å². The van der Waals surface area contributed by atoms with Crippen LogP contribution >= 0.6 is 0 Å². The third kappa shape index (κ3) is 4.91. The number of phenolic OH excluding ortho intramolecular Hbond substituents is 1. The van der Waals surface area contributed by atoms with Crippen molar-refractivity contribution in [2.45, 2.75) is 27.2 Å². The molecule has 0 fully saturated rings. The van der Waals surface area contributed by atoms with Crippen LogP contribution < -0.4 is 10.4 Å². The van der Waals surface area contributed by atoms with E-state index in [1.807, 2.05) is 26.8 Å². The lowest BCUT2D eigenvalue weighted by Crippen LogP contribution is -1.98. The molecule has 0 saturated carbocycles. The van der Waals surface area contributed by atoms with Gasteiger partial charge in [0.1, 0.15) is 12.2 Å². The summed E-state index contributed by atoms with van der Waals surface area (Å²) in [4.78, 5) is 11.3. The van der Waals surface area contributed by atoms with Crippen molar-refractivity contribution in [3.63, 3.8) is 0 Å². The predicted molar refractivity (Wildman–Crippen MR) is 93.6 cm³/mol. The molecule has 1 aromatic carbocycles. The van der Waals surface area contributed by atoms with Crippen LogP contribution in [0.25, 0.3) is 11.0 Å². The Kier molecular flexibility index (Phi) is 5.68. The molecule has 0 unspecified atom stereocenters. The van der Waals surface area contributed by atoms with E-state index in [2.05, 4.69) is 0 Å². The highest BCUT2D eigenvalue weighted by Crippen LogP contribution is 2.30. The number of rotatable bonds is 6. The van der Waals surface area contributed by atoms with Crippen molar-refractivity contribution in [3.05, 3.63) is 58.2 Å². The number of ether oxygens (including phenoxy) is 1. The predicted octanol–water partition coefficient (Wildman–Crippen LogP) is 4.31. The number of aliphatic hydroxyl groups is 1. The summed E-state index contributed by atoms with van der Waals surface area (Å²) in [6.45, 7) is 6.13. The smallest absolute Gasteiger partial charge is 0.336 e. The second-order valence-electron chi connectivity index (χ2n) is 6.05. The summed E-state index contributed by atoms with van der Waals surface area (Å²) in [5.41, 5.74) is 0.854. The Bertz CT molecular complexity index is 827. The quantitative estimate of drug-likeness (QED) is 0.468. The SMILES string of the molecule is C/C(=C\COc1cc2oc(=O)ccc2cc1O)C/C(O)=C\C(C)C. The first-order valence-corrected chi connectivity index (χ1v) is 7.80. The van der Waals surface area contributed by atoms with Crippen LogP contribution in [0.5, 0.6) is 11.5 Å². The maximum Gasteiger partial charge on any atom is 0.336 e. The van der Waals surface area contributed by atoms with Gasteiger partial charge in [-0.1, -0.05) is 19.4 Å². The van der Waals surface area contributed by atoms with Gasteiger partial charge in [-0.25, -0.2) is 4.79 Å². The van der Waals surface area contributed by atoms with Gasteiger partial charge in [0.2, 0.25) is 0 Å². The van der Waals surface area contributed by atoms with Crippen molar-refractivity contribution < 1.29 is 19.4 Å². The molecule has 0 aliphatic heterocycles. The fourth-order valence-electron chi connectivity index (χ4n) is 2.28. The number of phenols is 1. The van der Waals surface area contributed by atoms with Gasteiger partial charge in [0.05, 0.1) is 5.76 Å². The van der Waals surface area contributed by atoms with E-state index in [9.17, 15) is 15.0 Å². The number of hydrogen-bond donors (Lipinski definition) is 2. The van der Waals surface area contributed by atoms with E-state index < -0.39 is 5.63 Å². The molecule has 0 saturated heterocycles. The summed E-state index contributed by atoms with van der Waals surface area (Å²) < 4.78 is 10.6. The van der Waals surface area contributed by atoms with Crippen LogP contribution in [0.15, 0.2) is 57.0 Å². The van der Waals surface area contributed by atoms with Crippen LogP contribution in [0.3, 0.4) is 0 Å². The van der Waals surface area contributed by atoms with Crippen molar-refractivity contribution in [2.24, 2.45) is 5.92 Å². The van der Waals surface area contributed by atoms with Gasteiger partial charge in [-0.05, 0) is 37.1 Å². The van der Waals surface area contributed by atoms with E-state index in [1.165, 1.54) is 18.2 Å². The normalized spacial score (nSPS) is 12.8. The molecule has 5 nitrogen and oxygen atoms in total. The fraction of sp³-hybridized carbons (Fsp3) is 0.316. The average Bonchev–Trinajstić information content (AvgIpc) is 2.47. The van der Waals surface area contributed by atoms with Gasteiger partial charge in [0, 0.05) is 23.9 Å². The molecule has 0 amide bonds. The lowest BCUT2D eigenvalue weighted by atomic mass is 10.1. The van der Waals surface area contributed by atoms with E-state index in [0.717, 1.165) is 5.57 Å². The molecule has 5 heteroatoms. The molecule has 0 bridgehead atoms. The zero-order valence-electron chi connectivity index (χ0n) is 14.1. The van der Waals surface area contributed by atoms with Crippen LogP contribution in [0.1, 0.15) is 27.2 Å². The Hall–Kier alpha value is -2.69. The molecule has 24 heavy (non-hydrogen) atoms. The Morgan fingerprint density at radius 2 is 2.08 bits per heavy atom. The van der Waals surface area contributed by atoms with Gasteiger partial charge in [0.25, 0.3) is 0 Å². The molecule has 0 aliphatic carbocycles. The Morgan fingerprint density at radius 1 is 1.33 bits per heavy atom. The fourth-order valence-corrected chi connectivity index (χ4v) is 2.28. The minimum Gasteiger partial charge on any atom is -0.512 e. The van der Waals surface area contributed by atoms with Crippen LogP contribution in [-0.4, -0.2) is 16.8 Å². The van der Waals surface area contributed by atoms with Gasteiger partial charge in [0.15, 0.2) is 11.5 Å². The molecular formula is C19H22O5. The minimum atomic E-state index is -0.456. The van der Waals surface area contributed by atoms with Crippen molar-refractivity contribution in [2.75, 3.05) is 6.61 Å². The Morgan fingerprint density at radius 3 is 2.79 bits per heavy atom. The monoisotopic (exact) mass is 330 g/mol. The topological polar surface area (TPSA) is 79.9 Å². The number of fused-ring (bicyclic) bond motifs is 1. The number of aromatic hydroxyl groups is 1. The summed E-state index contributed by atoms with van der Waals surface area (Å²) in [6, 6.07) is 5.86. The largest absolute Gasteiger partial charge is 0.512 e. The van der Waals surface area contributed by atoms with Crippen molar-refractivity contribution >= 4 is 11.0 Å². The summed E-state index contributed by atoms with van der Waals surface area (Å²) in [6.07, 6.45) is 4.09. The van der Waals surface area contributed by atoms with Crippen LogP contribution in [0.2, 0.25) is 0 Å². The van der Waals surface area contributed by atoms with Crippen molar-refractivity contribution in [1.29, 1.82) is 0 Å². The molecular weight excluding hydrogens is 308 g/mol. The number of benzene rings is 1. The lowest BCUT2D eigenvalue weighted by molar-refractivity contribution is 0.334. The number of allylic oxidation sites excluding steroid dienone is 2. The summed E-state index contributed by atoms with van der Waals surface area (Å²) in [5, 5.41) is 20.4. The molecule has 1 aromatic heterocycles. The molecule has 0 radical (unpaired) electrons. The van der Waals surface area contributed by atoms with E-state index in [0.29, 0.717) is 29.1 Å². The lowest BCUT2D eigenvalue weighted by Gasteiger charge is -2.08. The third-order valence-electron chi connectivity index (χ3n) is 3.36. The first-order valence-electron chi connectivity index (χ1n) is 7.80. The minimum absolute atomic E-state index is 0.0232. The first kappa shape index (κ1) is 17.7. The summed E-state index contributed by atoms with van der Waals surface area (Å²) in [7, 11) is 0. The zero-order valence-corrected chi connectivity index (χ0v) is 14.1. The number of aliphatic hydroxyl groups excluding tert-OH is 1. The summed E-state index contributed by atoms with van der Waals surface area (Å²) in [5.74, 6) is 0.833. The van der Waals surface area contributed by atoms with Gasteiger partial charge in [-0.15, -0.1) is 0 Å². The summed E-state index contributed by atoms with van der Waals surface area (Å²) >= 11 is 0. The highest BCUT2D eigenvalue weighted by molar-refractivity contribution is 5.80. The molecule has 2 aromatic rings. The highest BCUT2D eigenvalue weighted by atomic mass is 16.5. The average molecular weight is 330 g/mol. The zero-order chi connectivity index (χ0) is 17.7. The first-order chi connectivity index (χ1) is 11.3. The van der Waals surface area contributed by atoms with Gasteiger partial charge >= 0.3 is 5.63 Å². The van der Waals surface area contributed by atoms with E-state index in [-0.39, 0.29) is 18.1 Å². The molecule has 1 heterocycles. The van der Waals surface area contributed by atoms with E-state index in [4.69, 9.17) is 9.15 Å². The van der Waals surface area contributed by atoms with Gasteiger partial charge in [-0.3, -0.25) is 0 Å². The molecule has 0 aliphatic rings. The third-order valence-corrected chi connectivity index (χ3v) is 3.36. The molecule has 0 atom stereocenters. The Labute approximate surface area is 140 Å². The van der Waals surface area contributed by atoms with Crippen LogP contribution in [0.4, 0.5) is 0 Å². The maximum absolute atomic E-state index is 11.3. The van der Waals surface area contributed by atoms with Crippen molar-refractivity contribution in [3.8, 4) is 11.5 Å². The number of hydrogen-bond acceptors (Lipinski definition) is 5. The Balaban J connectivity index is 2.06. The van der Waals surface area contributed by atoms with E-state index in [1.54, 1.807) is 12.1 Å². The van der Waals surface area contributed by atoms with Crippen molar-refractivity contribution in [1.82, 2.24) is 0 Å². The molecule has 2 N–H and O–H groups in total. The standard InChI is InChI=1S/C19H22O5/c1-12(2)8-15(20)9-13(3)6-7-23-18-11-17-14(10-16(18)21)4-5-19(22)24-17/h4-6,8,10-12,20-21H,7,9H2,1-3H3/b13-6+,15-8+.